The second-order valence-corrected chi connectivity index (χ2v) is 13.0. The molecule has 4 saturated carbocycles. The van der Waals surface area contributed by atoms with E-state index in [9.17, 15) is 26.8 Å². The first-order valence-corrected chi connectivity index (χ1v) is 14.1. The molecule has 0 heterocycles. The fourth-order valence-electron chi connectivity index (χ4n) is 7.27. The number of rotatable bonds is 8. The van der Waals surface area contributed by atoms with Gasteiger partial charge < -0.3 is 14.2 Å². The maximum atomic E-state index is 13.5. The molecular formula is C24H36F2O8S. The van der Waals surface area contributed by atoms with Gasteiger partial charge in [-0.1, -0.05) is 19.3 Å². The number of halogens is 2. The van der Waals surface area contributed by atoms with Gasteiger partial charge in [0, 0.05) is 0 Å². The number of ether oxygens (including phenoxy) is 3. The molecule has 0 aromatic heterocycles. The number of hydrogen-bond acceptors (Lipinski definition) is 7. The highest BCUT2D eigenvalue weighted by Gasteiger charge is 2.56. The predicted molar refractivity (Wildman–Crippen MR) is 120 cm³/mol. The molecule has 200 valence electrons. The van der Waals surface area contributed by atoms with Crippen molar-refractivity contribution in [2.24, 2.45) is 35.0 Å². The Hall–Kier alpha value is -1.33. The fourth-order valence-corrected chi connectivity index (χ4v) is 7.53. The lowest BCUT2D eigenvalue weighted by molar-refractivity contribution is -0.180. The Morgan fingerprint density at radius 2 is 1.54 bits per heavy atom. The van der Waals surface area contributed by atoms with E-state index in [0.29, 0.717) is 25.4 Å². The van der Waals surface area contributed by atoms with E-state index in [0.717, 1.165) is 18.3 Å². The lowest BCUT2D eigenvalue weighted by Gasteiger charge is -2.45. The highest BCUT2D eigenvalue weighted by Crippen LogP contribution is 2.50. The van der Waals surface area contributed by atoms with E-state index >= 15 is 0 Å². The van der Waals surface area contributed by atoms with Crippen LogP contribution in [0.2, 0.25) is 0 Å². The molecule has 4 fully saturated rings. The molecule has 4 unspecified atom stereocenters. The smallest absolute Gasteiger partial charge is 0.457 e. The largest absolute Gasteiger partial charge is 0.465 e. The second-order valence-electron chi connectivity index (χ2n) is 11.6. The SMILES string of the molecule is CC1(C(=O)OCOCC2CC3CCCC(C3)C2)CC2CC(CC(OC(=O)C(F)(F)S(=O)(=O)O)C2)C1. The summed E-state index contributed by atoms with van der Waals surface area (Å²) in [7, 11) is -5.90. The highest BCUT2D eigenvalue weighted by atomic mass is 32.2. The molecule has 11 heteroatoms. The molecule has 0 aliphatic heterocycles. The van der Waals surface area contributed by atoms with Crippen molar-refractivity contribution in [3.63, 3.8) is 0 Å². The van der Waals surface area contributed by atoms with Gasteiger partial charge in [0.25, 0.3) is 0 Å². The van der Waals surface area contributed by atoms with Crippen molar-refractivity contribution >= 4 is 22.1 Å². The van der Waals surface area contributed by atoms with E-state index < -0.39 is 32.9 Å². The van der Waals surface area contributed by atoms with E-state index in [1.807, 2.05) is 6.92 Å². The van der Waals surface area contributed by atoms with Gasteiger partial charge in [-0.25, -0.2) is 4.79 Å². The van der Waals surface area contributed by atoms with Crippen LogP contribution in [-0.4, -0.2) is 49.7 Å². The zero-order valence-electron chi connectivity index (χ0n) is 20.1. The van der Waals surface area contributed by atoms with Crippen LogP contribution in [-0.2, 0) is 33.9 Å². The molecule has 0 aromatic rings. The first kappa shape index (κ1) is 26.7. The highest BCUT2D eigenvalue weighted by molar-refractivity contribution is 7.87. The summed E-state index contributed by atoms with van der Waals surface area (Å²) < 4.78 is 73.2. The van der Waals surface area contributed by atoms with Gasteiger partial charge in [0.1, 0.15) is 6.10 Å². The van der Waals surface area contributed by atoms with Gasteiger partial charge in [0.2, 0.25) is 0 Å². The third-order valence-electron chi connectivity index (χ3n) is 8.52. The van der Waals surface area contributed by atoms with Crippen LogP contribution in [0.1, 0.15) is 77.6 Å². The Kier molecular flexibility index (Phi) is 7.79. The number of fused-ring (bicyclic) bond motifs is 4. The molecule has 4 bridgehead atoms. The molecule has 4 aliphatic carbocycles. The van der Waals surface area contributed by atoms with Crippen molar-refractivity contribution in [3.8, 4) is 0 Å². The van der Waals surface area contributed by atoms with Crippen LogP contribution in [0.4, 0.5) is 8.78 Å². The minimum absolute atomic E-state index is 0.0558. The second kappa shape index (κ2) is 10.2. The van der Waals surface area contributed by atoms with Gasteiger partial charge in [0.15, 0.2) is 6.79 Å². The molecule has 0 radical (unpaired) electrons. The van der Waals surface area contributed by atoms with Crippen molar-refractivity contribution in [1.29, 1.82) is 0 Å². The zero-order valence-corrected chi connectivity index (χ0v) is 20.9. The van der Waals surface area contributed by atoms with Crippen molar-refractivity contribution < 1.29 is 45.6 Å². The maximum absolute atomic E-state index is 13.5. The summed E-state index contributed by atoms with van der Waals surface area (Å²) >= 11 is 0. The molecule has 0 spiro atoms. The van der Waals surface area contributed by atoms with E-state index in [2.05, 4.69) is 0 Å². The average Bonchev–Trinajstić information content (AvgIpc) is 2.74. The molecule has 4 aliphatic rings. The number of alkyl halides is 2. The molecule has 4 rings (SSSR count). The van der Waals surface area contributed by atoms with Gasteiger partial charge >= 0.3 is 27.3 Å². The number of carbonyl (C=O) groups is 2. The third kappa shape index (κ3) is 6.15. The Bertz CT molecular complexity index is 881. The topological polar surface area (TPSA) is 116 Å². The molecule has 1 N–H and O–H groups in total. The molecular weight excluding hydrogens is 486 g/mol. The predicted octanol–water partition coefficient (Wildman–Crippen LogP) is 4.33. The Labute approximate surface area is 205 Å². The summed E-state index contributed by atoms with van der Waals surface area (Å²) in [5.74, 6) is -0.593. The first-order chi connectivity index (χ1) is 16.4. The number of esters is 2. The molecule has 0 amide bonds. The lowest BCUT2D eigenvalue weighted by Crippen LogP contribution is -2.46. The summed E-state index contributed by atoms with van der Waals surface area (Å²) in [5, 5.41) is -5.01. The van der Waals surface area contributed by atoms with Crippen molar-refractivity contribution in [2.75, 3.05) is 13.4 Å². The maximum Gasteiger partial charge on any atom is 0.465 e. The summed E-state index contributed by atoms with van der Waals surface area (Å²) in [5.41, 5.74) is -0.744. The third-order valence-corrected chi connectivity index (χ3v) is 9.33. The van der Waals surface area contributed by atoms with Crippen LogP contribution in [0.5, 0.6) is 0 Å². The zero-order chi connectivity index (χ0) is 25.4. The monoisotopic (exact) mass is 522 g/mol. The van der Waals surface area contributed by atoms with Crippen LogP contribution in [0.15, 0.2) is 0 Å². The van der Waals surface area contributed by atoms with Gasteiger partial charge in [0.05, 0.1) is 12.0 Å². The van der Waals surface area contributed by atoms with Crippen molar-refractivity contribution in [1.82, 2.24) is 0 Å². The normalized spacial score (nSPS) is 37.4. The van der Waals surface area contributed by atoms with Crippen LogP contribution in [0.25, 0.3) is 0 Å². The van der Waals surface area contributed by atoms with Gasteiger partial charge in [-0.2, -0.15) is 17.2 Å². The standard InChI is InChI=1S/C24H36F2O8S/c1-23(21(27)33-14-32-13-19-6-15-3-2-4-16(5-15)7-19)11-17-8-18(12-23)10-20(9-17)34-22(28)24(25,26)35(29,30)31/h15-20H,2-14H2,1H3,(H,29,30,31). The van der Waals surface area contributed by atoms with Crippen molar-refractivity contribution in [3.05, 3.63) is 0 Å². The van der Waals surface area contributed by atoms with E-state index in [4.69, 9.17) is 18.8 Å². The van der Waals surface area contributed by atoms with Gasteiger partial charge in [-0.05, 0) is 87.9 Å². The quantitative estimate of drug-likeness (QED) is 0.217. The summed E-state index contributed by atoms with van der Waals surface area (Å²) in [6.45, 7) is 2.35. The van der Waals surface area contributed by atoms with Crippen LogP contribution < -0.4 is 0 Å². The summed E-state index contributed by atoms with van der Waals surface area (Å²) in [4.78, 5) is 24.5. The molecule has 8 nitrogen and oxygen atoms in total. The lowest BCUT2D eigenvalue weighted by atomic mass is 9.61. The molecule has 0 aromatic carbocycles. The Morgan fingerprint density at radius 1 is 0.971 bits per heavy atom. The minimum Gasteiger partial charge on any atom is -0.457 e. The summed E-state index contributed by atoms with van der Waals surface area (Å²) in [6.07, 6.45) is 8.95. The van der Waals surface area contributed by atoms with Crippen LogP contribution in [0, 0.1) is 35.0 Å². The molecule has 0 saturated heterocycles. The van der Waals surface area contributed by atoms with Gasteiger partial charge in [-0.15, -0.1) is 0 Å². The van der Waals surface area contributed by atoms with Crippen molar-refractivity contribution in [2.45, 2.75) is 88.9 Å². The minimum atomic E-state index is -5.90. The van der Waals surface area contributed by atoms with E-state index in [1.54, 1.807) is 0 Å². The van der Waals surface area contributed by atoms with Crippen LogP contribution >= 0.6 is 0 Å². The van der Waals surface area contributed by atoms with E-state index in [-0.39, 0.29) is 37.4 Å². The van der Waals surface area contributed by atoms with Crippen LogP contribution in [0.3, 0.4) is 0 Å². The fraction of sp³-hybridized carbons (Fsp3) is 0.917. The van der Waals surface area contributed by atoms with Gasteiger partial charge in [-0.3, -0.25) is 9.35 Å². The number of hydrogen-bond donors (Lipinski definition) is 1. The molecule has 4 atom stereocenters. The first-order valence-electron chi connectivity index (χ1n) is 12.7. The molecule has 35 heavy (non-hydrogen) atoms. The summed E-state index contributed by atoms with van der Waals surface area (Å²) in [6, 6.07) is 0. The number of carbonyl (C=O) groups excluding carboxylic acids is 2. The average molecular weight is 523 g/mol. The Morgan fingerprint density at radius 3 is 2.11 bits per heavy atom. The van der Waals surface area contributed by atoms with E-state index in [1.165, 1.54) is 38.5 Å². The Balaban J connectivity index is 1.22.